The number of ether oxygens (including phenoxy) is 1. The van der Waals surface area contributed by atoms with Crippen molar-refractivity contribution in [3.05, 3.63) is 53.2 Å². The lowest BCUT2D eigenvalue weighted by Gasteiger charge is -2.07. The van der Waals surface area contributed by atoms with Crippen LogP contribution in [0.5, 0.6) is 5.75 Å². The highest BCUT2D eigenvalue weighted by Crippen LogP contribution is 2.23. The van der Waals surface area contributed by atoms with E-state index >= 15 is 0 Å². The normalized spacial score (nSPS) is 12.3. The molecule has 0 saturated carbocycles. The minimum atomic E-state index is -0.524. The zero-order valence-corrected chi connectivity index (χ0v) is 12.2. The number of aliphatic hydroxyl groups is 1. The second kappa shape index (κ2) is 6.07. The number of aliphatic hydroxyl groups excluding tert-OH is 1. The Hall–Kier alpha value is -2.18. The number of benzene rings is 1. The summed E-state index contributed by atoms with van der Waals surface area (Å²) >= 11 is 1.54. The van der Waals surface area contributed by atoms with Gasteiger partial charge in [-0.25, -0.2) is 0 Å². The van der Waals surface area contributed by atoms with E-state index in [0.29, 0.717) is 17.5 Å². The molecule has 0 aliphatic carbocycles. The molecule has 3 aromatic rings. The molecule has 1 N–H and O–H groups in total. The van der Waals surface area contributed by atoms with Crippen LogP contribution in [-0.4, -0.2) is 15.2 Å². The Morgan fingerprint density at radius 3 is 3.00 bits per heavy atom. The Balaban J connectivity index is 1.67. The molecule has 0 aliphatic heterocycles. The first kappa shape index (κ1) is 13.8. The fraction of sp³-hybridized carbons (Fsp3) is 0.200. The summed E-state index contributed by atoms with van der Waals surface area (Å²) in [5.41, 5.74) is 0.805. The highest BCUT2D eigenvalue weighted by Gasteiger charge is 2.10. The first-order chi connectivity index (χ1) is 10.2. The highest BCUT2D eigenvalue weighted by molar-refractivity contribution is 7.13. The van der Waals surface area contributed by atoms with Crippen LogP contribution in [0, 0.1) is 0 Å². The highest BCUT2D eigenvalue weighted by atomic mass is 32.1. The van der Waals surface area contributed by atoms with Crippen molar-refractivity contribution in [3.63, 3.8) is 0 Å². The van der Waals surface area contributed by atoms with Crippen molar-refractivity contribution in [3.8, 4) is 16.5 Å². The molecule has 1 atom stereocenters. The average molecular weight is 302 g/mol. The second-order valence-electron chi connectivity index (χ2n) is 4.53. The molecule has 21 heavy (non-hydrogen) atoms. The van der Waals surface area contributed by atoms with Gasteiger partial charge in [0.15, 0.2) is 6.61 Å². The van der Waals surface area contributed by atoms with E-state index in [4.69, 9.17) is 9.26 Å². The van der Waals surface area contributed by atoms with Gasteiger partial charge in [0, 0.05) is 0 Å². The smallest absolute Gasteiger partial charge is 0.268 e. The van der Waals surface area contributed by atoms with Gasteiger partial charge in [-0.15, -0.1) is 11.3 Å². The summed E-state index contributed by atoms with van der Waals surface area (Å²) in [6.45, 7) is 1.93. The third kappa shape index (κ3) is 3.29. The number of nitrogens with zero attached hydrogens (tertiary/aromatic N) is 2. The Morgan fingerprint density at radius 1 is 1.33 bits per heavy atom. The van der Waals surface area contributed by atoms with Crippen molar-refractivity contribution in [2.75, 3.05) is 0 Å². The van der Waals surface area contributed by atoms with Crippen LogP contribution in [0.25, 0.3) is 10.8 Å². The van der Waals surface area contributed by atoms with E-state index in [0.717, 1.165) is 10.4 Å². The Bertz CT molecular complexity index is 707. The molecule has 0 spiro atoms. The summed E-state index contributed by atoms with van der Waals surface area (Å²) < 4.78 is 10.8. The van der Waals surface area contributed by atoms with Crippen LogP contribution in [0.2, 0.25) is 0 Å². The molecule has 1 unspecified atom stereocenters. The predicted octanol–water partition coefficient (Wildman–Crippen LogP) is 3.43. The molecule has 6 heteroatoms. The van der Waals surface area contributed by atoms with Crippen LogP contribution in [0.4, 0.5) is 0 Å². The van der Waals surface area contributed by atoms with Gasteiger partial charge in [0.25, 0.3) is 5.89 Å². The maximum atomic E-state index is 9.55. The van der Waals surface area contributed by atoms with E-state index in [-0.39, 0.29) is 6.61 Å². The summed E-state index contributed by atoms with van der Waals surface area (Å²) in [6.07, 6.45) is -0.524. The summed E-state index contributed by atoms with van der Waals surface area (Å²) in [5.74, 6) is 1.65. The molecule has 2 heterocycles. The third-order valence-corrected chi connectivity index (χ3v) is 3.77. The molecule has 0 bridgehead atoms. The first-order valence-electron chi connectivity index (χ1n) is 6.49. The van der Waals surface area contributed by atoms with Crippen LogP contribution < -0.4 is 4.74 Å². The quantitative estimate of drug-likeness (QED) is 0.782. The number of thiophene rings is 1. The Kier molecular flexibility index (Phi) is 3.98. The van der Waals surface area contributed by atoms with Gasteiger partial charge < -0.3 is 14.4 Å². The van der Waals surface area contributed by atoms with Gasteiger partial charge in [0.1, 0.15) is 5.75 Å². The number of rotatable bonds is 5. The van der Waals surface area contributed by atoms with Gasteiger partial charge in [0.2, 0.25) is 5.82 Å². The lowest BCUT2D eigenvalue weighted by molar-refractivity contribution is 0.198. The Morgan fingerprint density at radius 2 is 2.24 bits per heavy atom. The topological polar surface area (TPSA) is 68.4 Å². The Labute approximate surface area is 125 Å². The molecule has 0 amide bonds. The number of hydrogen-bond acceptors (Lipinski definition) is 6. The van der Waals surface area contributed by atoms with Crippen molar-refractivity contribution in [1.29, 1.82) is 0 Å². The van der Waals surface area contributed by atoms with Gasteiger partial charge in [-0.1, -0.05) is 23.4 Å². The van der Waals surface area contributed by atoms with Gasteiger partial charge in [-0.2, -0.15) is 4.98 Å². The summed E-state index contributed by atoms with van der Waals surface area (Å²) in [7, 11) is 0. The molecule has 0 saturated heterocycles. The molecule has 3 rings (SSSR count). The van der Waals surface area contributed by atoms with E-state index < -0.39 is 6.10 Å². The summed E-state index contributed by atoms with van der Waals surface area (Å²) in [5, 5.41) is 15.4. The van der Waals surface area contributed by atoms with Crippen LogP contribution in [0.1, 0.15) is 24.4 Å². The summed E-state index contributed by atoms with van der Waals surface area (Å²) in [6, 6.07) is 11.2. The summed E-state index contributed by atoms with van der Waals surface area (Å²) in [4.78, 5) is 5.22. The minimum Gasteiger partial charge on any atom is -0.485 e. The predicted molar refractivity (Wildman–Crippen MR) is 79.0 cm³/mol. The lowest BCUT2D eigenvalue weighted by atomic mass is 10.1. The molecule has 0 aliphatic rings. The van der Waals surface area contributed by atoms with Crippen molar-refractivity contribution in [2.45, 2.75) is 19.6 Å². The van der Waals surface area contributed by atoms with Crippen molar-refractivity contribution < 1.29 is 14.4 Å². The van der Waals surface area contributed by atoms with E-state index in [9.17, 15) is 5.11 Å². The van der Waals surface area contributed by atoms with Crippen LogP contribution in [-0.2, 0) is 6.61 Å². The fourth-order valence-electron chi connectivity index (χ4n) is 1.82. The standard InChI is InChI=1S/C15H14N2O3S/c1-10(18)11-4-2-5-12(8-11)19-9-14-16-15(20-17-14)13-6-3-7-21-13/h2-8,10,18H,9H2,1H3. The largest absolute Gasteiger partial charge is 0.485 e. The fourth-order valence-corrected chi connectivity index (χ4v) is 2.47. The average Bonchev–Trinajstić information content (AvgIpc) is 3.16. The number of hydrogen-bond donors (Lipinski definition) is 1. The van der Waals surface area contributed by atoms with Gasteiger partial charge in [0.05, 0.1) is 11.0 Å². The lowest BCUT2D eigenvalue weighted by Crippen LogP contribution is -1.99. The molecule has 1 aromatic carbocycles. The molecule has 108 valence electrons. The van der Waals surface area contributed by atoms with Crippen LogP contribution in [0.3, 0.4) is 0 Å². The zero-order chi connectivity index (χ0) is 14.7. The van der Waals surface area contributed by atoms with Gasteiger partial charge in [-0.3, -0.25) is 0 Å². The molecular weight excluding hydrogens is 288 g/mol. The molecule has 0 radical (unpaired) electrons. The molecule has 0 fully saturated rings. The van der Waals surface area contributed by atoms with Gasteiger partial charge in [-0.05, 0) is 36.1 Å². The first-order valence-corrected chi connectivity index (χ1v) is 7.37. The molecular formula is C15H14N2O3S. The third-order valence-electron chi connectivity index (χ3n) is 2.91. The van der Waals surface area contributed by atoms with E-state index in [1.807, 2.05) is 35.7 Å². The maximum Gasteiger partial charge on any atom is 0.268 e. The molecule has 2 aromatic heterocycles. The monoisotopic (exact) mass is 302 g/mol. The SMILES string of the molecule is CC(O)c1cccc(OCc2noc(-c3cccs3)n2)c1. The van der Waals surface area contributed by atoms with Crippen molar-refractivity contribution in [2.24, 2.45) is 0 Å². The zero-order valence-electron chi connectivity index (χ0n) is 11.4. The number of aromatic nitrogens is 2. The minimum absolute atomic E-state index is 0.220. The van der Waals surface area contributed by atoms with E-state index in [1.54, 1.807) is 24.3 Å². The molecule has 5 nitrogen and oxygen atoms in total. The van der Waals surface area contributed by atoms with Crippen molar-refractivity contribution in [1.82, 2.24) is 10.1 Å². The van der Waals surface area contributed by atoms with Gasteiger partial charge >= 0.3 is 0 Å². The maximum absolute atomic E-state index is 9.55. The van der Waals surface area contributed by atoms with E-state index in [2.05, 4.69) is 10.1 Å². The van der Waals surface area contributed by atoms with Crippen LogP contribution >= 0.6 is 11.3 Å². The van der Waals surface area contributed by atoms with Crippen LogP contribution in [0.15, 0.2) is 46.3 Å². The van der Waals surface area contributed by atoms with Crippen molar-refractivity contribution >= 4 is 11.3 Å². The van der Waals surface area contributed by atoms with E-state index in [1.165, 1.54) is 0 Å². The second-order valence-corrected chi connectivity index (χ2v) is 5.48.